The van der Waals surface area contributed by atoms with Crippen LogP contribution in [0.4, 0.5) is 22.7 Å². The van der Waals surface area contributed by atoms with E-state index >= 15 is 0 Å². The largest absolute Gasteiger partial charge is 0.494 e. The number of carbonyl (C=O) groups is 1. The van der Waals surface area contributed by atoms with Gasteiger partial charge in [-0.3, -0.25) is 19.9 Å². The molecule has 1 amide bonds. The topological polar surface area (TPSA) is 119 Å². The Morgan fingerprint density at radius 3 is 2.62 bits per heavy atom. The van der Waals surface area contributed by atoms with Gasteiger partial charge in [-0.05, 0) is 43.3 Å². The van der Waals surface area contributed by atoms with Crippen molar-refractivity contribution in [2.75, 3.05) is 12.4 Å². The molecular weight excluding hydrogens is 374 g/mol. The van der Waals surface area contributed by atoms with Crippen LogP contribution in [-0.4, -0.2) is 22.9 Å². The Kier molecular flexibility index (Phi) is 5.88. The second-order valence-corrected chi connectivity index (χ2v) is 5.98. The number of azo groups is 1. The summed E-state index contributed by atoms with van der Waals surface area (Å²) in [6.45, 7) is 1.64. The van der Waals surface area contributed by atoms with Crippen molar-refractivity contribution in [2.24, 2.45) is 10.2 Å². The zero-order valence-corrected chi connectivity index (χ0v) is 15.7. The normalized spacial score (nSPS) is 10.7. The summed E-state index contributed by atoms with van der Waals surface area (Å²) in [6.07, 6.45) is 1.54. The number of nitrogens with one attached hydrogen (secondary N) is 1. The van der Waals surface area contributed by atoms with Crippen LogP contribution in [0.3, 0.4) is 0 Å². The number of methoxy groups -OCH3 is 1. The molecule has 0 unspecified atom stereocenters. The predicted molar refractivity (Wildman–Crippen MR) is 107 cm³/mol. The lowest BCUT2D eigenvalue weighted by molar-refractivity contribution is -0.385. The van der Waals surface area contributed by atoms with Crippen LogP contribution >= 0.6 is 0 Å². The number of anilines is 1. The van der Waals surface area contributed by atoms with Crippen LogP contribution in [0.1, 0.15) is 16.1 Å². The van der Waals surface area contributed by atoms with Gasteiger partial charge in [-0.1, -0.05) is 6.07 Å². The number of amides is 1. The molecule has 9 nitrogen and oxygen atoms in total. The SMILES string of the molecule is COc1cc(NC(=O)c2ccccn2)ccc1/N=N/c1ccc([N+](=O)[O-])c(C)c1. The van der Waals surface area contributed by atoms with Crippen LogP contribution in [-0.2, 0) is 0 Å². The van der Waals surface area contributed by atoms with Crippen LogP contribution < -0.4 is 10.1 Å². The number of ether oxygens (including phenoxy) is 1. The molecule has 0 aliphatic heterocycles. The Labute approximate surface area is 166 Å². The number of aryl methyl sites for hydroxylation is 1. The summed E-state index contributed by atoms with van der Waals surface area (Å²) >= 11 is 0. The number of nitrogens with zero attached hydrogens (tertiary/aromatic N) is 4. The fraction of sp³-hybridized carbons (Fsp3) is 0.100. The van der Waals surface area contributed by atoms with E-state index in [1.54, 1.807) is 55.6 Å². The summed E-state index contributed by atoms with van der Waals surface area (Å²) < 4.78 is 5.33. The highest BCUT2D eigenvalue weighted by Gasteiger charge is 2.11. The summed E-state index contributed by atoms with van der Waals surface area (Å²) in [5.41, 5.74) is 2.24. The third-order valence-electron chi connectivity index (χ3n) is 3.99. The quantitative estimate of drug-likeness (QED) is 0.361. The molecule has 29 heavy (non-hydrogen) atoms. The molecule has 0 aliphatic rings. The van der Waals surface area contributed by atoms with Crippen molar-refractivity contribution in [3.05, 3.63) is 82.2 Å². The first kappa shape index (κ1) is 19.6. The zero-order valence-electron chi connectivity index (χ0n) is 15.7. The molecule has 0 saturated heterocycles. The average molecular weight is 391 g/mol. The van der Waals surface area contributed by atoms with Crippen molar-refractivity contribution < 1.29 is 14.5 Å². The minimum atomic E-state index is -0.447. The summed E-state index contributed by atoms with van der Waals surface area (Å²) in [5, 5.41) is 21.9. The third-order valence-corrected chi connectivity index (χ3v) is 3.99. The lowest BCUT2D eigenvalue weighted by Crippen LogP contribution is -2.13. The molecule has 1 N–H and O–H groups in total. The Bertz CT molecular complexity index is 1080. The number of rotatable bonds is 6. The molecular formula is C20H17N5O4. The maximum Gasteiger partial charge on any atom is 0.274 e. The van der Waals surface area contributed by atoms with Crippen LogP contribution in [0.5, 0.6) is 5.75 Å². The molecule has 3 aromatic rings. The first-order valence-electron chi connectivity index (χ1n) is 8.55. The van der Waals surface area contributed by atoms with Crippen LogP contribution in [0, 0.1) is 17.0 Å². The fourth-order valence-electron chi connectivity index (χ4n) is 2.55. The number of hydrogen-bond donors (Lipinski definition) is 1. The second kappa shape index (κ2) is 8.70. The molecule has 0 bridgehead atoms. The van der Waals surface area contributed by atoms with Gasteiger partial charge in [0.1, 0.15) is 17.1 Å². The van der Waals surface area contributed by atoms with Crippen LogP contribution in [0.25, 0.3) is 0 Å². The highest BCUT2D eigenvalue weighted by Crippen LogP contribution is 2.32. The van der Waals surface area contributed by atoms with Crippen molar-refractivity contribution in [3.8, 4) is 5.75 Å². The molecule has 9 heteroatoms. The number of pyridine rings is 1. The van der Waals surface area contributed by atoms with E-state index in [1.807, 2.05) is 0 Å². The molecule has 0 fully saturated rings. The highest BCUT2D eigenvalue weighted by atomic mass is 16.6. The van der Waals surface area contributed by atoms with Crippen molar-refractivity contribution >= 4 is 28.7 Å². The van der Waals surface area contributed by atoms with Gasteiger partial charge in [0.2, 0.25) is 0 Å². The van der Waals surface area contributed by atoms with Crippen LogP contribution in [0.2, 0.25) is 0 Å². The van der Waals surface area contributed by atoms with Gasteiger partial charge in [0.25, 0.3) is 11.6 Å². The summed E-state index contributed by atoms with van der Waals surface area (Å²) in [4.78, 5) is 26.7. The predicted octanol–water partition coefficient (Wildman–Crippen LogP) is 4.97. The van der Waals surface area contributed by atoms with Crippen molar-refractivity contribution in [3.63, 3.8) is 0 Å². The van der Waals surface area contributed by atoms with E-state index in [4.69, 9.17) is 4.74 Å². The van der Waals surface area contributed by atoms with Crippen molar-refractivity contribution in [2.45, 2.75) is 6.92 Å². The Hall–Kier alpha value is -4.14. The van der Waals surface area contributed by atoms with E-state index < -0.39 is 4.92 Å². The van der Waals surface area contributed by atoms with E-state index in [0.717, 1.165) is 0 Å². The van der Waals surface area contributed by atoms with E-state index in [2.05, 4.69) is 20.5 Å². The first-order valence-corrected chi connectivity index (χ1v) is 8.55. The number of benzene rings is 2. The smallest absolute Gasteiger partial charge is 0.274 e. The van der Waals surface area contributed by atoms with Gasteiger partial charge in [-0.2, -0.15) is 5.11 Å². The van der Waals surface area contributed by atoms with Gasteiger partial charge in [0.05, 0.1) is 17.7 Å². The molecule has 1 heterocycles. The monoisotopic (exact) mass is 391 g/mol. The second-order valence-electron chi connectivity index (χ2n) is 5.98. The number of aromatic nitrogens is 1. The molecule has 0 spiro atoms. The molecule has 0 radical (unpaired) electrons. The van der Waals surface area contributed by atoms with Gasteiger partial charge in [-0.25, -0.2) is 0 Å². The Balaban J connectivity index is 1.78. The maximum atomic E-state index is 12.2. The molecule has 3 rings (SSSR count). The van der Waals surface area contributed by atoms with E-state index in [9.17, 15) is 14.9 Å². The summed E-state index contributed by atoms with van der Waals surface area (Å²) in [7, 11) is 1.48. The molecule has 0 atom stereocenters. The summed E-state index contributed by atoms with van der Waals surface area (Å²) in [5.74, 6) is 0.0644. The third kappa shape index (κ3) is 4.78. The lowest BCUT2D eigenvalue weighted by atomic mass is 10.2. The number of carbonyl (C=O) groups excluding carboxylic acids is 1. The minimum absolute atomic E-state index is 0.0227. The van der Waals surface area contributed by atoms with E-state index in [-0.39, 0.29) is 11.6 Å². The van der Waals surface area contributed by atoms with Crippen molar-refractivity contribution in [1.82, 2.24) is 4.98 Å². The van der Waals surface area contributed by atoms with Gasteiger partial charge in [-0.15, -0.1) is 5.11 Å². The molecule has 0 aliphatic carbocycles. The number of nitro groups is 1. The van der Waals surface area contributed by atoms with Gasteiger partial charge >= 0.3 is 0 Å². The standard InChI is InChI=1S/C20H17N5O4/c1-13-11-15(7-9-18(13)25(27)28)23-24-16-8-6-14(12-19(16)29-2)22-20(26)17-5-3-4-10-21-17/h3-12H,1-2H3,(H,22,26)/b24-23+. The summed E-state index contributed by atoms with van der Waals surface area (Å²) in [6, 6.07) is 14.5. The molecule has 2 aromatic carbocycles. The highest BCUT2D eigenvalue weighted by molar-refractivity contribution is 6.03. The average Bonchev–Trinajstić information content (AvgIpc) is 2.73. The maximum absolute atomic E-state index is 12.2. The fourth-order valence-corrected chi connectivity index (χ4v) is 2.55. The lowest BCUT2D eigenvalue weighted by Gasteiger charge is -2.08. The molecule has 0 saturated carbocycles. The number of hydrogen-bond acceptors (Lipinski definition) is 7. The van der Waals surface area contributed by atoms with Gasteiger partial charge in [0.15, 0.2) is 0 Å². The number of nitro benzene ring substituents is 1. The zero-order chi connectivity index (χ0) is 20.8. The Morgan fingerprint density at radius 2 is 1.97 bits per heavy atom. The van der Waals surface area contributed by atoms with Crippen LogP contribution in [0.15, 0.2) is 71.0 Å². The molecule has 146 valence electrons. The molecule has 1 aromatic heterocycles. The van der Waals surface area contributed by atoms with Crippen molar-refractivity contribution in [1.29, 1.82) is 0 Å². The van der Waals surface area contributed by atoms with E-state index in [1.165, 1.54) is 19.2 Å². The van der Waals surface area contributed by atoms with Gasteiger partial charge in [0, 0.05) is 29.6 Å². The van der Waals surface area contributed by atoms with E-state index in [0.29, 0.717) is 34.1 Å². The Morgan fingerprint density at radius 1 is 1.14 bits per heavy atom. The minimum Gasteiger partial charge on any atom is -0.494 e. The van der Waals surface area contributed by atoms with Gasteiger partial charge < -0.3 is 10.1 Å². The first-order chi connectivity index (χ1) is 14.0.